The summed E-state index contributed by atoms with van der Waals surface area (Å²) < 4.78 is 39.3. The summed E-state index contributed by atoms with van der Waals surface area (Å²) in [6.07, 6.45) is -1.91. The summed E-state index contributed by atoms with van der Waals surface area (Å²) in [4.78, 5) is 36.3. The lowest BCUT2D eigenvalue weighted by Crippen LogP contribution is -2.48. The van der Waals surface area contributed by atoms with E-state index in [2.05, 4.69) is 14.9 Å². The Morgan fingerprint density at radius 3 is 2.50 bits per heavy atom. The topological polar surface area (TPSA) is 70.8 Å². The number of carbonyl (C=O) groups is 1. The molecule has 3 aromatic heterocycles. The summed E-state index contributed by atoms with van der Waals surface area (Å²) in [7, 11) is 0. The number of hydrogen-bond acceptors (Lipinski definition) is 5. The highest BCUT2D eigenvalue weighted by Gasteiger charge is 2.32. The molecule has 1 saturated heterocycles. The Hall–Kier alpha value is -3.27. The first-order valence-corrected chi connectivity index (χ1v) is 9.33. The number of rotatable bonds is 3. The maximum Gasteiger partial charge on any atom is 0.433 e. The van der Waals surface area contributed by atoms with E-state index >= 15 is 0 Å². The molecule has 0 unspecified atom stereocenters. The monoisotopic (exact) mass is 417 g/mol. The number of amides is 1. The molecule has 0 aliphatic carbocycles. The SMILES string of the molecule is O=C(c1ccc(C(F)(F)F)nc1)N1CCN(Cc2cc(=O)n3ccccc3n2)CC1. The lowest BCUT2D eigenvalue weighted by molar-refractivity contribution is -0.141. The molecular weight excluding hydrogens is 399 g/mol. The van der Waals surface area contributed by atoms with Gasteiger partial charge in [-0.2, -0.15) is 13.2 Å². The molecule has 0 saturated carbocycles. The summed E-state index contributed by atoms with van der Waals surface area (Å²) in [6.45, 7) is 2.45. The van der Waals surface area contributed by atoms with Gasteiger partial charge in [-0.1, -0.05) is 6.07 Å². The smallest absolute Gasteiger partial charge is 0.336 e. The van der Waals surface area contributed by atoms with Crippen molar-refractivity contribution < 1.29 is 18.0 Å². The van der Waals surface area contributed by atoms with Crippen molar-refractivity contribution in [3.63, 3.8) is 0 Å². The zero-order chi connectivity index (χ0) is 21.3. The lowest BCUT2D eigenvalue weighted by atomic mass is 10.2. The first-order valence-electron chi connectivity index (χ1n) is 9.33. The van der Waals surface area contributed by atoms with Crippen molar-refractivity contribution >= 4 is 11.6 Å². The fraction of sp³-hybridized carbons (Fsp3) is 0.300. The minimum Gasteiger partial charge on any atom is -0.336 e. The second kappa shape index (κ2) is 7.86. The molecule has 0 bridgehead atoms. The number of fused-ring (bicyclic) bond motifs is 1. The Bertz CT molecular complexity index is 1120. The molecule has 1 aliphatic rings. The van der Waals surface area contributed by atoms with Crippen molar-refractivity contribution in [1.82, 2.24) is 24.2 Å². The molecule has 7 nitrogen and oxygen atoms in total. The summed E-state index contributed by atoms with van der Waals surface area (Å²) in [6, 6.07) is 8.80. The van der Waals surface area contributed by atoms with Crippen LogP contribution in [0.5, 0.6) is 0 Å². The first-order chi connectivity index (χ1) is 14.3. The van der Waals surface area contributed by atoms with Gasteiger partial charge in [0.2, 0.25) is 0 Å². The van der Waals surface area contributed by atoms with Gasteiger partial charge in [0.15, 0.2) is 0 Å². The van der Waals surface area contributed by atoms with E-state index in [0.717, 1.165) is 18.3 Å². The summed E-state index contributed by atoms with van der Waals surface area (Å²) in [5.74, 6) is -0.349. The molecular formula is C20H18F3N5O2. The zero-order valence-corrected chi connectivity index (χ0v) is 15.8. The average molecular weight is 417 g/mol. The predicted molar refractivity (Wildman–Crippen MR) is 102 cm³/mol. The third kappa shape index (κ3) is 4.18. The largest absolute Gasteiger partial charge is 0.433 e. The van der Waals surface area contributed by atoms with Gasteiger partial charge in [-0.3, -0.25) is 23.9 Å². The lowest BCUT2D eigenvalue weighted by Gasteiger charge is -2.34. The number of piperazine rings is 1. The van der Waals surface area contributed by atoms with Crippen molar-refractivity contribution in [1.29, 1.82) is 0 Å². The number of nitrogens with zero attached hydrogens (tertiary/aromatic N) is 5. The molecule has 10 heteroatoms. The van der Waals surface area contributed by atoms with Crippen molar-refractivity contribution in [2.24, 2.45) is 0 Å². The maximum atomic E-state index is 12.6. The van der Waals surface area contributed by atoms with E-state index in [-0.39, 0.29) is 17.0 Å². The van der Waals surface area contributed by atoms with Crippen LogP contribution in [0.15, 0.2) is 53.6 Å². The number of carbonyl (C=O) groups excluding carboxylic acids is 1. The Labute approximate surface area is 169 Å². The maximum absolute atomic E-state index is 12.6. The Balaban J connectivity index is 1.38. The van der Waals surface area contributed by atoms with Gasteiger partial charge in [-0.05, 0) is 24.3 Å². The van der Waals surface area contributed by atoms with Crippen LogP contribution in [0.2, 0.25) is 0 Å². The van der Waals surface area contributed by atoms with Crippen molar-refractivity contribution in [3.05, 3.63) is 76.1 Å². The second-order valence-corrected chi connectivity index (χ2v) is 7.01. The Kier molecular flexibility index (Phi) is 5.25. The van der Waals surface area contributed by atoms with Crippen molar-refractivity contribution in [2.75, 3.05) is 26.2 Å². The quantitative estimate of drug-likeness (QED) is 0.653. The fourth-order valence-corrected chi connectivity index (χ4v) is 3.39. The number of hydrogen-bond donors (Lipinski definition) is 0. The summed E-state index contributed by atoms with van der Waals surface area (Å²) in [5.41, 5.74) is 0.170. The first kappa shape index (κ1) is 20.0. The second-order valence-electron chi connectivity index (χ2n) is 7.01. The molecule has 1 fully saturated rings. The molecule has 1 aliphatic heterocycles. The average Bonchev–Trinajstić information content (AvgIpc) is 2.73. The van der Waals surface area contributed by atoms with Crippen LogP contribution in [0.3, 0.4) is 0 Å². The van der Waals surface area contributed by atoms with Crippen molar-refractivity contribution in [3.8, 4) is 0 Å². The highest BCUT2D eigenvalue weighted by atomic mass is 19.4. The number of halogens is 3. The van der Waals surface area contributed by atoms with E-state index in [4.69, 9.17) is 0 Å². The van der Waals surface area contributed by atoms with Gasteiger partial charge in [0.25, 0.3) is 11.5 Å². The fourth-order valence-electron chi connectivity index (χ4n) is 3.39. The molecule has 30 heavy (non-hydrogen) atoms. The van der Waals surface area contributed by atoms with E-state index in [1.54, 1.807) is 23.2 Å². The van der Waals surface area contributed by atoms with Crippen LogP contribution in [0.25, 0.3) is 5.65 Å². The molecule has 4 heterocycles. The van der Waals surface area contributed by atoms with E-state index in [9.17, 15) is 22.8 Å². The number of alkyl halides is 3. The van der Waals surface area contributed by atoms with Crippen LogP contribution in [-0.2, 0) is 12.7 Å². The third-order valence-electron chi connectivity index (χ3n) is 4.97. The highest BCUT2D eigenvalue weighted by Crippen LogP contribution is 2.27. The van der Waals surface area contributed by atoms with E-state index in [1.165, 1.54) is 10.5 Å². The van der Waals surface area contributed by atoms with Crippen LogP contribution in [0, 0.1) is 0 Å². The van der Waals surface area contributed by atoms with Gasteiger partial charge in [0, 0.05) is 51.2 Å². The molecule has 156 valence electrons. The zero-order valence-electron chi connectivity index (χ0n) is 15.8. The van der Waals surface area contributed by atoms with Crippen LogP contribution in [0.4, 0.5) is 13.2 Å². The van der Waals surface area contributed by atoms with E-state index in [0.29, 0.717) is 44.1 Å². The van der Waals surface area contributed by atoms with Gasteiger partial charge in [-0.15, -0.1) is 0 Å². The molecule has 3 aromatic rings. The minimum absolute atomic E-state index is 0.126. The molecule has 0 atom stereocenters. The molecule has 0 N–H and O–H groups in total. The van der Waals surface area contributed by atoms with Gasteiger partial charge in [0.05, 0.1) is 11.3 Å². The Morgan fingerprint density at radius 2 is 1.83 bits per heavy atom. The molecule has 0 radical (unpaired) electrons. The standard InChI is InChI=1S/C20H18F3N5O2/c21-20(22,23)16-5-4-14(12-24-16)19(30)27-9-7-26(8-10-27)13-15-11-18(29)28-6-2-1-3-17(28)25-15/h1-6,11-12H,7-10,13H2. The molecule has 4 rings (SSSR count). The molecule has 0 spiro atoms. The van der Waals surface area contributed by atoms with Gasteiger partial charge < -0.3 is 4.90 Å². The summed E-state index contributed by atoms with van der Waals surface area (Å²) >= 11 is 0. The minimum atomic E-state index is -4.54. The van der Waals surface area contributed by atoms with Gasteiger partial charge in [0.1, 0.15) is 11.3 Å². The molecule has 0 aromatic carbocycles. The van der Waals surface area contributed by atoms with Crippen LogP contribution in [-0.4, -0.2) is 56.3 Å². The van der Waals surface area contributed by atoms with Gasteiger partial charge in [-0.25, -0.2) is 4.98 Å². The van der Waals surface area contributed by atoms with Gasteiger partial charge >= 0.3 is 6.18 Å². The van der Waals surface area contributed by atoms with Crippen LogP contribution >= 0.6 is 0 Å². The van der Waals surface area contributed by atoms with Crippen LogP contribution < -0.4 is 5.56 Å². The normalized spacial score (nSPS) is 15.5. The third-order valence-corrected chi connectivity index (χ3v) is 4.97. The van der Waals surface area contributed by atoms with E-state index < -0.39 is 11.9 Å². The molecule has 1 amide bonds. The van der Waals surface area contributed by atoms with Crippen LogP contribution in [0.1, 0.15) is 21.7 Å². The number of aromatic nitrogens is 3. The summed E-state index contributed by atoms with van der Waals surface area (Å²) in [5, 5.41) is 0. The van der Waals surface area contributed by atoms with E-state index in [1.807, 2.05) is 6.07 Å². The predicted octanol–water partition coefficient (Wildman–Crippen LogP) is 2.07. The highest BCUT2D eigenvalue weighted by molar-refractivity contribution is 5.94. The number of pyridine rings is 2. The van der Waals surface area contributed by atoms with Crippen molar-refractivity contribution in [2.45, 2.75) is 12.7 Å². The Morgan fingerprint density at radius 1 is 1.07 bits per heavy atom.